The Bertz CT molecular complexity index is 798. The molecule has 4 rings (SSSR count). The highest BCUT2D eigenvalue weighted by atomic mass is 35.5. The fraction of sp³-hybridized carbons (Fsp3) is 0.353. The Labute approximate surface area is 148 Å². The smallest absolute Gasteiger partial charge is 0.233 e. The zero-order valence-corrected chi connectivity index (χ0v) is 14.3. The molecule has 2 aromatic rings. The maximum Gasteiger partial charge on any atom is 0.233 e. The molecule has 2 aliphatic rings. The van der Waals surface area contributed by atoms with Crippen LogP contribution in [-0.4, -0.2) is 28.0 Å². The monoisotopic (exact) mass is 362 g/mol. The van der Waals surface area contributed by atoms with Crippen molar-refractivity contribution in [2.45, 2.75) is 30.7 Å². The van der Waals surface area contributed by atoms with Crippen molar-refractivity contribution in [1.29, 1.82) is 0 Å². The Kier molecular flexibility index (Phi) is 3.89. The molecule has 24 heavy (non-hydrogen) atoms. The molecule has 1 atom stereocenters. The van der Waals surface area contributed by atoms with Gasteiger partial charge in [-0.15, -0.1) is 0 Å². The van der Waals surface area contributed by atoms with Gasteiger partial charge in [-0.05, 0) is 43.5 Å². The molecule has 1 aromatic heterocycles. The number of halogens is 1. The molecule has 1 N–H and O–H groups in total. The van der Waals surface area contributed by atoms with Crippen LogP contribution in [0.2, 0.25) is 5.02 Å². The van der Waals surface area contributed by atoms with E-state index in [9.17, 15) is 9.59 Å². The van der Waals surface area contributed by atoms with E-state index in [-0.39, 0.29) is 17.1 Å². The lowest BCUT2D eigenvalue weighted by Crippen LogP contribution is -2.43. The van der Waals surface area contributed by atoms with Gasteiger partial charge in [-0.1, -0.05) is 28.5 Å². The van der Waals surface area contributed by atoms with Crippen LogP contribution in [0.4, 0.5) is 0 Å². The summed E-state index contributed by atoms with van der Waals surface area (Å²) in [5.41, 5.74) is 0.835. The molecular weight excluding hydrogens is 348 g/mol. The first-order chi connectivity index (χ1) is 11.6. The van der Waals surface area contributed by atoms with Crippen molar-refractivity contribution >= 4 is 34.4 Å². The molecule has 1 unspecified atom stereocenters. The second kappa shape index (κ2) is 5.93. The van der Waals surface area contributed by atoms with Crippen molar-refractivity contribution in [2.24, 2.45) is 0 Å². The van der Waals surface area contributed by atoms with Crippen LogP contribution in [0.1, 0.15) is 25.0 Å². The Morgan fingerprint density at radius 2 is 2.08 bits per heavy atom. The third kappa shape index (κ3) is 2.74. The summed E-state index contributed by atoms with van der Waals surface area (Å²) < 4.78 is 5.41. The number of thioether (sulfide) groups is 1. The quantitative estimate of drug-likeness (QED) is 0.904. The summed E-state index contributed by atoms with van der Waals surface area (Å²) in [4.78, 5) is 24.4. The van der Waals surface area contributed by atoms with Crippen LogP contribution in [0.5, 0.6) is 0 Å². The van der Waals surface area contributed by atoms with Gasteiger partial charge in [-0.2, -0.15) is 0 Å². The topological polar surface area (TPSA) is 72.2 Å². The number of nitrogens with one attached hydrogen (secondary N) is 1. The Hall–Kier alpha value is -1.79. The van der Waals surface area contributed by atoms with Gasteiger partial charge in [0.1, 0.15) is 0 Å². The number of rotatable bonds is 4. The molecule has 1 saturated carbocycles. The van der Waals surface area contributed by atoms with E-state index in [4.69, 9.17) is 16.1 Å². The van der Waals surface area contributed by atoms with Gasteiger partial charge in [0.25, 0.3) is 0 Å². The zero-order valence-electron chi connectivity index (χ0n) is 12.8. The minimum atomic E-state index is -0.651. The van der Waals surface area contributed by atoms with Crippen LogP contribution >= 0.6 is 23.4 Å². The van der Waals surface area contributed by atoms with Gasteiger partial charge in [0.05, 0.1) is 17.2 Å². The largest absolute Gasteiger partial charge is 0.356 e. The standard InChI is InChI=1S/C17H15ClN2O3S/c18-11-3-1-10(2-4-11)13-9-14(20-23-13)17(6-7-17)16(22)19-12-5-8-24-15(12)21/h1-4,9,12H,5-8H2,(H,19,22). The maximum atomic E-state index is 12.6. The number of hydrogen-bond donors (Lipinski definition) is 1. The van der Waals surface area contributed by atoms with Crippen LogP contribution in [0, 0.1) is 0 Å². The highest BCUT2D eigenvalue weighted by molar-refractivity contribution is 8.14. The van der Waals surface area contributed by atoms with Gasteiger partial charge in [0, 0.05) is 22.4 Å². The molecule has 5 nitrogen and oxygen atoms in total. The fourth-order valence-electron chi connectivity index (χ4n) is 2.90. The average molecular weight is 363 g/mol. The first kappa shape index (κ1) is 15.7. The van der Waals surface area contributed by atoms with Crippen molar-refractivity contribution in [3.05, 3.63) is 41.0 Å². The van der Waals surface area contributed by atoms with Crippen LogP contribution < -0.4 is 5.32 Å². The highest BCUT2D eigenvalue weighted by Gasteiger charge is 2.54. The number of aromatic nitrogens is 1. The van der Waals surface area contributed by atoms with Crippen LogP contribution in [0.25, 0.3) is 11.3 Å². The lowest BCUT2D eigenvalue weighted by Gasteiger charge is -2.15. The predicted octanol–water partition coefficient (Wildman–Crippen LogP) is 3.17. The number of amides is 1. The van der Waals surface area contributed by atoms with Crippen LogP contribution in [-0.2, 0) is 15.0 Å². The van der Waals surface area contributed by atoms with E-state index in [0.29, 0.717) is 22.9 Å². The third-order valence-electron chi connectivity index (χ3n) is 4.55. The van der Waals surface area contributed by atoms with Crippen LogP contribution in [0.15, 0.2) is 34.9 Å². The van der Waals surface area contributed by atoms with Gasteiger partial charge >= 0.3 is 0 Å². The maximum absolute atomic E-state index is 12.6. The first-order valence-corrected chi connectivity index (χ1v) is 9.16. The van der Waals surface area contributed by atoms with Gasteiger partial charge in [-0.25, -0.2) is 0 Å². The van der Waals surface area contributed by atoms with Crippen molar-refractivity contribution < 1.29 is 14.1 Å². The molecule has 0 bridgehead atoms. The second-order valence-corrected chi connectivity index (χ2v) is 7.68. The summed E-state index contributed by atoms with van der Waals surface area (Å²) in [5, 5.41) is 7.67. The van der Waals surface area contributed by atoms with E-state index >= 15 is 0 Å². The average Bonchev–Trinajstić information content (AvgIpc) is 3.07. The number of carbonyl (C=O) groups excluding carboxylic acids is 2. The zero-order chi connectivity index (χ0) is 16.7. The summed E-state index contributed by atoms with van der Waals surface area (Å²) in [6.45, 7) is 0. The van der Waals surface area contributed by atoms with Gasteiger partial charge in [-0.3, -0.25) is 9.59 Å². The summed E-state index contributed by atoms with van der Waals surface area (Å²) in [7, 11) is 0. The van der Waals surface area contributed by atoms with Crippen LogP contribution in [0.3, 0.4) is 0 Å². The van der Waals surface area contributed by atoms with E-state index in [1.165, 1.54) is 11.8 Å². The minimum Gasteiger partial charge on any atom is -0.356 e. The summed E-state index contributed by atoms with van der Waals surface area (Å²) in [6, 6.07) is 8.69. The molecule has 1 saturated heterocycles. The molecule has 7 heteroatoms. The molecule has 1 aromatic carbocycles. The molecule has 0 spiro atoms. The van der Waals surface area contributed by atoms with E-state index in [0.717, 1.165) is 24.2 Å². The molecule has 124 valence electrons. The summed E-state index contributed by atoms with van der Waals surface area (Å²) >= 11 is 7.17. The molecule has 2 fully saturated rings. The number of carbonyl (C=O) groups is 2. The van der Waals surface area contributed by atoms with E-state index in [2.05, 4.69) is 10.5 Å². The first-order valence-electron chi connectivity index (χ1n) is 7.79. The molecular formula is C17H15ClN2O3S. The van der Waals surface area contributed by atoms with Crippen molar-refractivity contribution in [2.75, 3.05) is 5.75 Å². The summed E-state index contributed by atoms with van der Waals surface area (Å²) in [5.74, 6) is 1.24. The van der Waals surface area contributed by atoms with Crippen molar-refractivity contribution in [3.63, 3.8) is 0 Å². The molecule has 1 amide bonds. The fourth-order valence-corrected chi connectivity index (χ4v) is 3.96. The van der Waals surface area contributed by atoms with Crippen molar-refractivity contribution in [1.82, 2.24) is 10.5 Å². The van der Waals surface area contributed by atoms with Gasteiger partial charge in [0.15, 0.2) is 5.76 Å². The lowest BCUT2D eigenvalue weighted by molar-refractivity contribution is -0.126. The number of nitrogens with zero attached hydrogens (tertiary/aromatic N) is 1. The minimum absolute atomic E-state index is 0.0427. The van der Waals surface area contributed by atoms with E-state index in [1.54, 1.807) is 18.2 Å². The molecule has 0 radical (unpaired) electrons. The Balaban J connectivity index is 1.54. The molecule has 2 heterocycles. The Morgan fingerprint density at radius 1 is 1.33 bits per heavy atom. The number of benzene rings is 1. The summed E-state index contributed by atoms with van der Waals surface area (Å²) in [6.07, 6.45) is 2.14. The SMILES string of the molecule is O=C1SCCC1NC(=O)C1(c2cc(-c3ccc(Cl)cc3)on2)CC1. The van der Waals surface area contributed by atoms with Gasteiger partial charge in [0.2, 0.25) is 11.0 Å². The normalized spacial score (nSPS) is 21.7. The lowest BCUT2D eigenvalue weighted by atomic mass is 9.99. The molecule has 1 aliphatic carbocycles. The van der Waals surface area contributed by atoms with E-state index < -0.39 is 5.41 Å². The highest BCUT2D eigenvalue weighted by Crippen LogP contribution is 2.48. The second-order valence-electron chi connectivity index (χ2n) is 6.15. The Morgan fingerprint density at radius 3 is 2.71 bits per heavy atom. The number of hydrogen-bond acceptors (Lipinski definition) is 5. The predicted molar refractivity (Wildman–Crippen MR) is 91.9 cm³/mol. The van der Waals surface area contributed by atoms with Crippen molar-refractivity contribution in [3.8, 4) is 11.3 Å². The van der Waals surface area contributed by atoms with E-state index in [1.807, 2.05) is 12.1 Å². The van der Waals surface area contributed by atoms with Gasteiger partial charge < -0.3 is 9.84 Å². The third-order valence-corrected chi connectivity index (χ3v) is 5.82. The molecule has 1 aliphatic heterocycles.